The third-order valence-electron chi connectivity index (χ3n) is 3.45. The van der Waals surface area contributed by atoms with Gasteiger partial charge in [-0.1, -0.05) is 52.7 Å². The summed E-state index contributed by atoms with van der Waals surface area (Å²) >= 11 is 13.6. The molecule has 0 radical (unpaired) electrons. The summed E-state index contributed by atoms with van der Waals surface area (Å²) in [6.45, 7) is 2.02. The van der Waals surface area contributed by atoms with Crippen LogP contribution in [0.25, 0.3) is 17.1 Å². The number of pyridine rings is 1. The normalized spacial score (nSPS) is 11.3. The maximum Gasteiger partial charge on any atom is 0.247 e. The third-order valence-corrected chi connectivity index (χ3v) is 4.86. The Hall–Kier alpha value is -2.09. The molecule has 3 aromatic heterocycles. The number of benzene rings is 1. The molecule has 9 heteroatoms. The quantitative estimate of drug-likeness (QED) is 0.470. The van der Waals surface area contributed by atoms with Crippen molar-refractivity contribution < 1.29 is 4.42 Å². The van der Waals surface area contributed by atoms with Gasteiger partial charge in [0.1, 0.15) is 0 Å². The largest absolute Gasteiger partial charge is 0.420 e. The van der Waals surface area contributed by atoms with Crippen LogP contribution in [0.2, 0.25) is 10.0 Å². The molecule has 0 bridgehead atoms. The molecule has 4 aromatic rings. The number of hydrogen-bond acceptors (Lipinski definition) is 6. The number of thioether (sulfide) groups is 1. The average Bonchev–Trinajstić information content (AvgIpc) is 3.20. The van der Waals surface area contributed by atoms with Crippen LogP contribution in [0.3, 0.4) is 0 Å². The minimum atomic E-state index is 0.450. The van der Waals surface area contributed by atoms with E-state index in [1.807, 2.05) is 31.2 Å². The summed E-state index contributed by atoms with van der Waals surface area (Å²) in [5.74, 6) is 1.46. The summed E-state index contributed by atoms with van der Waals surface area (Å²) in [6.07, 6.45) is 1.72. The van der Waals surface area contributed by atoms with Crippen LogP contribution in [0.5, 0.6) is 0 Å². The van der Waals surface area contributed by atoms with Crippen LogP contribution in [0.4, 0.5) is 0 Å². The zero-order valence-electron chi connectivity index (χ0n) is 13.0. The van der Waals surface area contributed by atoms with Crippen molar-refractivity contribution in [2.45, 2.75) is 17.8 Å². The standard InChI is InChI=1S/C16H11Cl2N5OS/c1-9-3-2-4-10(5-9)15-21-19-13(24-15)8-25-16-22-20-14-12(18)6-11(17)7-23(14)16/h2-7H,8H2,1H3. The van der Waals surface area contributed by atoms with E-state index in [0.29, 0.717) is 38.4 Å². The molecule has 0 amide bonds. The van der Waals surface area contributed by atoms with Crippen LogP contribution in [-0.2, 0) is 5.75 Å². The number of aryl methyl sites for hydroxylation is 1. The molecule has 3 heterocycles. The zero-order valence-corrected chi connectivity index (χ0v) is 15.3. The molecule has 0 aliphatic rings. The molecule has 0 aliphatic carbocycles. The topological polar surface area (TPSA) is 69.1 Å². The highest BCUT2D eigenvalue weighted by Crippen LogP contribution is 2.27. The van der Waals surface area contributed by atoms with Gasteiger partial charge in [0.25, 0.3) is 0 Å². The lowest BCUT2D eigenvalue weighted by molar-refractivity contribution is 0.528. The van der Waals surface area contributed by atoms with Crippen molar-refractivity contribution in [3.63, 3.8) is 0 Å². The summed E-state index contributed by atoms with van der Waals surface area (Å²) < 4.78 is 7.47. The zero-order chi connectivity index (χ0) is 17.4. The fourth-order valence-corrected chi connectivity index (χ4v) is 3.59. The van der Waals surface area contributed by atoms with Gasteiger partial charge in [0.15, 0.2) is 10.8 Å². The lowest BCUT2D eigenvalue weighted by Gasteiger charge is -2.00. The highest BCUT2D eigenvalue weighted by Gasteiger charge is 2.13. The fourth-order valence-electron chi connectivity index (χ4n) is 2.33. The van der Waals surface area contributed by atoms with Crippen LogP contribution in [0, 0.1) is 6.92 Å². The first-order valence-corrected chi connectivity index (χ1v) is 9.06. The van der Waals surface area contributed by atoms with Gasteiger partial charge in [0.2, 0.25) is 11.8 Å². The van der Waals surface area contributed by atoms with E-state index in [9.17, 15) is 0 Å². The van der Waals surface area contributed by atoms with Crippen molar-refractivity contribution in [1.82, 2.24) is 24.8 Å². The SMILES string of the molecule is Cc1cccc(-c2nnc(CSc3nnc4c(Cl)cc(Cl)cn34)o2)c1. The molecule has 1 aromatic carbocycles. The Kier molecular flexibility index (Phi) is 4.37. The molecule has 4 rings (SSSR count). The molecular weight excluding hydrogens is 381 g/mol. The van der Waals surface area contributed by atoms with Gasteiger partial charge in [0.05, 0.1) is 15.8 Å². The lowest BCUT2D eigenvalue weighted by atomic mass is 10.1. The van der Waals surface area contributed by atoms with Crippen LogP contribution < -0.4 is 0 Å². The van der Waals surface area contributed by atoms with Crippen LogP contribution in [0.1, 0.15) is 11.5 Å². The molecular formula is C16H11Cl2N5OS. The Bertz CT molecular complexity index is 1060. The monoisotopic (exact) mass is 391 g/mol. The van der Waals surface area contributed by atoms with Gasteiger partial charge >= 0.3 is 0 Å². The molecule has 0 saturated carbocycles. The molecule has 0 fully saturated rings. The number of nitrogens with zero attached hydrogens (tertiary/aromatic N) is 5. The number of aromatic nitrogens is 5. The van der Waals surface area contributed by atoms with E-state index in [1.54, 1.807) is 16.7 Å². The van der Waals surface area contributed by atoms with E-state index in [0.717, 1.165) is 11.1 Å². The number of halogens is 2. The van der Waals surface area contributed by atoms with Gasteiger partial charge in [-0.25, -0.2) is 0 Å². The second-order valence-electron chi connectivity index (χ2n) is 5.34. The number of rotatable bonds is 4. The number of hydrogen-bond donors (Lipinski definition) is 0. The Labute approximate surface area is 157 Å². The van der Waals surface area contributed by atoms with E-state index in [4.69, 9.17) is 27.6 Å². The molecule has 0 atom stereocenters. The smallest absolute Gasteiger partial charge is 0.247 e. The third kappa shape index (κ3) is 3.35. The van der Waals surface area contributed by atoms with Crippen LogP contribution in [0.15, 0.2) is 46.1 Å². The Morgan fingerprint density at radius 1 is 1.12 bits per heavy atom. The summed E-state index contributed by atoms with van der Waals surface area (Å²) in [7, 11) is 0. The second kappa shape index (κ2) is 6.67. The lowest BCUT2D eigenvalue weighted by Crippen LogP contribution is -1.89. The molecule has 25 heavy (non-hydrogen) atoms. The molecule has 0 unspecified atom stereocenters. The highest BCUT2D eigenvalue weighted by molar-refractivity contribution is 7.98. The minimum absolute atomic E-state index is 0.450. The molecule has 0 saturated heterocycles. The van der Waals surface area contributed by atoms with Gasteiger partial charge in [-0.05, 0) is 25.1 Å². The van der Waals surface area contributed by atoms with Gasteiger partial charge in [-0.3, -0.25) is 4.40 Å². The van der Waals surface area contributed by atoms with Crippen molar-refractivity contribution in [2.75, 3.05) is 0 Å². The van der Waals surface area contributed by atoms with E-state index < -0.39 is 0 Å². The second-order valence-corrected chi connectivity index (χ2v) is 7.13. The van der Waals surface area contributed by atoms with E-state index in [1.165, 1.54) is 11.8 Å². The highest BCUT2D eigenvalue weighted by atomic mass is 35.5. The summed E-state index contributed by atoms with van der Waals surface area (Å²) in [5.41, 5.74) is 2.59. The summed E-state index contributed by atoms with van der Waals surface area (Å²) in [5, 5.41) is 18.0. The summed E-state index contributed by atoms with van der Waals surface area (Å²) in [4.78, 5) is 0. The van der Waals surface area contributed by atoms with E-state index in [2.05, 4.69) is 20.4 Å². The van der Waals surface area contributed by atoms with Crippen LogP contribution >= 0.6 is 35.0 Å². The Morgan fingerprint density at radius 3 is 2.84 bits per heavy atom. The van der Waals surface area contributed by atoms with E-state index >= 15 is 0 Å². The number of fused-ring (bicyclic) bond motifs is 1. The molecule has 0 spiro atoms. The Morgan fingerprint density at radius 2 is 2.00 bits per heavy atom. The maximum atomic E-state index is 6.12. The van der Waals surface area contributed by atoms with Crippen molar-refractivity contribution in [1.29, 1.82) is 0 Å². The molecule has 126 valence electrons. The van der Waals surface area contributed by atoms with Gasteiger partial charge < -0.3 is 4.42 Å². The van der Waals surface area contributed by atoms with Gasteiger partial charge in [0, 0.05) is 11.8 Å². The first kappa shape index (κ1) is 16.4. The summed E-state index contributed by atoms with van der Waals surface area (Å²) in [6, 6.07) is 9.55. The van der Waals surface area contributed by atoms with Gasteiger partial charge in [-0.15, -0.1) is 20.4 Å². The first-order chi connectivity index (χ1) is 12.1. The maximum absolute atomic E-state index is 6.12. The fraction of sp³-hybridized carbons (Fsp3) is 0.125. The van der Waals surface area contributed by atoms with E-state index in [-0.39, 0.29) is 0 Å². The molecule has 6 nitrogen and oxygen atoms in total. The molecule has 0 aliphatic heterocycles. The van der Waals surface area contributed by atoms with Gasteiger partial charge in [-0.2, -0.15) is 0 Å². The van der Waals surface area contributed by atoms with Crippen molar-refractivity contribution >= 4 is 40.6 Å². The average molecular weight is 392 g/mol. The Balaban J connectivity index is 1.55. The van der Waals surface area contributed by atoms with Crippen LogP contribution in [-0.4, -0.2) is 24.8 Å². The van der Waals surface area contributed by atoms with Crippen molar-refractivity contribution in [3.8, 4) is 11.5 Å². The van der Waals surface area contributed by atoms with Crippen molar-refractivity contribution in [2.24, 2.45) is 0 Å². The molecule has 0 N–H and O–H groups in total. The van der Waals surface area contributed by atoms with Crippen molar-refractivity contribution in [3.05, 3.63) is 58.0 Å². The predicted molar refractivity (Wildman–Crippen MR) is 97.0 cm³/mol. The first-order valence-electron chi connectivity index (χ1n) is 7.32. The minimum Gasteiger partial charge on any atom is -0.420 e. The predicted octanol–water partition coefficient (Wildman–Crippen LogP) is 4.69.